The van der Waals surface area contributed by atoms with Crippen LogP contribution in [-0.2, 0) is 22.5 Å². The molecule has 1 heterocycles. The first-order chi connectivity index (χ1) is 12.1. The molecular formula is C19H31N3O4. The highest BCUT2D eigenvalue weighted by Crippen LogP contribution is 2.22. The van der Waals surface area contributed by atoms with Crippen molar-refractivity contribution >= 4 is 17.7 Å². The summed E-state index contributed by atoms with van der Waals surface area (Å²) in [6, 6.07) is 6.11. The molecule has 2 amide bonds. The molecule has 0 spiro atoms. The third kappa shape index (κ3) is 8.82. The van der Waals surface area contributed by atoms with Gasteiger partial charge >= 0.3 is 6.09 Å². The van der Waals surface area contributed by atoms with Crippen LogP contribution in [0.2, 0.25) is 0 Å². The molecule has 0 fully saturated rings. The predicted octanol–water partition coefficient (Wildman–Crippen LogP) is 2.27. The second-order valence-electron chi connectivity index (χ2n) is 7.38. The number of primary amides is 1. The zero-order chi connectivity index (χ0) is 19.7. The minimum atomic E-state index is -0.725. The van der Waals surface area contributed by atoms with E-state index in [4.69, 9.17) is 10.8 Å². The minimum absolute atomic E-state index is 0.0306. The van der Waals surface area contributed by atoms with Gasteiger partial charge in [-0.15, -0.1) is 0 Å². The normalized spacial score (nSPS) is 13.9. The highest BCUT2D eigenvalue weighted by molar-refractivity contribution is 5.90. The summed E-state index contributed by atoms with van der Waals surface area (Å²) in [5, 5.41) is 11.6. The van der Waals surface area contributed by atoms with E-state index in [-0.39, 0.29) is 12.5 Å². The number of hydrogen-bond donors (Lipinski definition) is 3. The van der Waals surface area contributed by atoms with Gasteiger partial charge in [-0.2, -0.15) is 0 Å². The quantitative estimate of drug-likeness (QED) is 0.759. The second-order valence-corrected chi connectivity index (χ2v) is 7.38. The van der Waals surface area contributed by atoms with E-state index < -0.39 is 11.7 Å². The molecule has 146 valence electrons. The molecule has 0 saturated carbocycles. The van der Waals surface area contributed by atoms with Crippen LogP contribution in [0.25, 0.3) is 0 Å². The molecular weight excluding hydrogens is 334 g/mol. The summed E-state index contributed by atoms with van der Waals surface area (Å²) in [4.78, 5) is 23.9. The molecule has 0 unspecified atom stereocenters. The van der Waals surface area contributed by atoms with Gasteiger partial charge in [0.2, 0.25) is 5.91 Å². The molecule has 0 radical (unpaired) electrons. The maximum atomic E-state index is 11.6. The molecule has 1 aromatic carbocycles. The van der Waals surface area contributed by atoms with Crippen molar-refractivity contribution in [3.63, 3.8) is 0 Å². The third-order valence-corrected chi connectivity index (χ3v) is 3.66. The zero-order valence-electron chi connectivity index (χ0n) is 16.2. The number of benzene rings is 1. The van der Waals surface area contributed by atoms with E-state index in [0.717, 1.165) is 25.2 Å². The monoisotopic (exact) mass is 365 g/mol. The van der Waals surface area contributed by atoms with Crippen LogP contribution in [0.1, 0.15) is 44.7 Å². The Kier molecular flexibility index (Phi) is 8.54. The van der Waals surface area contributed by atoms with Gasteiger partial charge in [0.05, 0.1) is 0 Å². The Morgan fingerprint density at radius 3 is 2.54 bits per heavy atom. The van der Waals surface area contributed by atoms with E-state index in [1.807, 2.05) is 6.07 Å². The van der Waals surface area contributed by atoms with Crippen LogP contribution in [0.4, 0.5) is 10.5 Å². The number of ether oxygens (including phenoxy) is 1. The molecule has 0 saturated heterocycles. The number of fused-ring (bicyclic) bond motifs is 1. The lowest BCUT2D eigenvalue weighted by molar-refractivity contribution is -0.116. The average molecular weight is 365 g/mol. The first kappa shape index (κ1) is 21.9. The van der Waals surface area contributed by atoms with Crippen molar-refractivity contribution in [2.24, 2.45) is 5.73 Å². The van der Waals surface area contributed by atoms with Crippen LogP contribution < -0.4 is 11.1 Å². The lowest BCUT2D eigenvalue weighted by Gasteiger charge is -2.25. The van der Waals surface area contributed by atoms with Gasteiger partial charge in [0, 0.05) is 31.8 Å². The number of aliphatic hydroxyl groups is 1. The molecule has 7 heteroatoms. The second kappa shape index (κ2) is 10.1. The van der Waals surface area contributed by atoms with Crippen molar-refractivity contribution in [2.75, 3.05) is 25.5 Å². The fraction of sp³-hybridized carbons (Fsp3) is 0.579. The van der Waals surface area contributed by atoms with Crippen LogP contribution in [0, 0.1) is 0 Å². The number of nitrogens with one attached hydrogen (secondary N) is 1. The summed E-state index contributed by atoms with van der Waals surface area (Å²) in [6.45, 7) is 7.39. The smallest absolute Gasteiger partial charge is 0.405 e. The molecule has 7 nitrogen and oxygen atoms in total. The number of nitrogens with two attached hydrogens (primary N) is 1. The van der Waals surface area contributed by atoms with Crippen molar-refractivity contribution in [1.82, 2.24) is 4.90 Å². The van der Waals surface area contributed by atoms with Gasteiger partial charge < -0.3 is 25.8 Å². The van der Waals surface area contributed by atoms with Crippen molar-refractivity contribution in [2.45, 2.75) is 52.2 Å². The maximum absolute atomic E-state index is 11.6. The molecule has 0 atom stereocenters. The van der Waals surface area contributed by atoms with Gasteiger partial charge in [0.1, 0.15) is 5.60 Å². The molecule has 1 aromatic rings. The van der Waals surface area contributed by atoms with Crippen LogP contribution >= 0.6 is 0 Å². The van der Waals surface area contributed by atoms with Crippen molar-refractivity contribution < 1.29 is 19.4 Å². The summed E-state index contributed by atoms with van der Waals surface area (Å²) in [5.41, 5.74) is 7.80. The molecule has 0 aliphatic carbocycles. The number of anilines is 1. The maximum Gasteiger partial charge on any atom is 0.405 e. The molecule has 26 heavy (non-hydrogen) atoms. The van der Waals surface area contributed by atoms with Gasteiger partial charge in [-0.25, -0.2) is 4.79 Å². The molecule has 0 bridgehead atoms. The fourth-order valence-electron chi connectivity index (χ4n) is 2.54. The van der Waals surface area contributed by atoms with E-state index in [9.17, 15) is 9.59 Å². The van der Waals surface area contributed by atoms with Crippen LogP contribution in [0.5, 0.6) is 0 Å². The van der Waals surface area contributed by atoms with E-state index >= 15 is 0 Å². The first-order valence-electron chi connectivity index (χ1n) is 8.80. The highest BCUT2D eigenvalue weighted by atomic mass is 16.6. The summed E-state index contributed by atoms with van der Waals surface area (Å²) in [7, 11) is 2.12. The third-order valence-electron chi connectivity index (χ3n) is 3.66. The fourth-order valence-corrected chi connectivity index (χ4v) is 2.54. The number of carbonyl (C=O) groups excluding carboxylic acids is 2. The number of likely N-dealkylation sites (N-methyl/N-ethyl adjacent to an activating group) is 1. The number of aliphatic hydroxyl groups excluding tert-OH is 1. The Morgan fingerprint density at radius 2 is 2.00 bits per heavy atom. The number of carbonyl (C=O) groups is 2. The van der Waals surface area contributed by atoms with Crippen molar-refractivity contribution in [3.05, 3.63) is 29.3 Å². The summed E-state index contributed by atoms with van der Waals surface area (Å²) >= 11 is 0. The molecule has 2 rings (SSSR count). The van der Waals surface area contributed by atoms with E-state index in [1.54, 1.807) is 20.8 Å². The highest BCUT2D eigenvalue weighted by Gasteiger charge is 2.14. The molecule has 4 N–H and O–H groups in total. The largest absolute Gasteiger partial charge is 0.444 e. The Balaban J connectivity index is 0.000000359. The number of nitrogens with zero attached hydrogens (tertiary/aromatic N) is 1. The van der Waals surface area contributed by atoms with Gasteiger partial charge in [-0.05, 0) is 63.9 Å². The summed E-state index contributed by atoms with van der Waals surface area (Å²) < 4.78 is 4.58. The average Bonchev–Trinajstić information content (AvgIpc) is 2.51. The topological polar surface area (TPSA) is 105 Å². The van der Waals surface area contributed by atoms with Gasteiger partial charge in [-0.3, -0.25) is 4.79 Å². The minimum Gasteiger partial charge on any atom is -0.444 e. The number of rotatable bonds is 4. The van der Waals surface area contributed by atoms with E-state index in [1.165, 1.54) is 11.1 Å². The van der Waals surface area contributed by atoms with Gasteiger partial charge in [0.15, 0.2) is 0 Å². The van der Waals surface area contributed by atoms with Crippen molar-refractivity contribution in [3.8, 4) is 0 Å². The Morgan fingerprint density at radius 1 is 1.31 bits per heavy atom. The summed E-state index contributed by atoms with van der Waals surface area (Å²) in [5.74, 6) is -0.0306. The predicted molar refractivity (Wildman–Crippen MR) is 102 cm³/mol. The Hall–Kier alpha value is -2.12. The first-order valence-corrected chi connectivity index (χ1v) is 8.80. The zero-order valence-corrected chi connectivity index (χ0v) is 16.2. The molecule has 1 aliphatic rings. The van der Waals surface area contributed by atoms with Crippen LogP contribution in [0.15, 0.2) is 18.2 Å². The standard InChI is InChI=1S/C14H20N2O2.C5H11NO2/c1-16-7-6-11-9-13(5-4-12(11)10-16)15-14(18)3-2-8-17;1-5(2,3)8-4(6)7/h4-5,9,17H,2-3,6-8,10H2,1H3,(H,15,18);1-3H3,(H2,6,7). The SMILES string of the molecule is CC(C)(C)OC(N)=O.CN1CCc2cc(NC(=O)CCCO)ccc2C1. The van der Waals surface area contributed by atoms with Crippen LogP contribution in [0.3, 0.4) is 0 Å². The summed E-state index contributed by atoms with van der Waals surface area (Å²) in [6.07, 6.45) is 1.20. The van der Waals surface area contributed by atoms with Crippen molar-refractivity contribution in [1.29, 1.82) is 0 Å². The Bertz CT molecular complexity index is 611. The number of hydrogen-bond acceptors (Lipinski definition) is 5. The van der Waals surface area contributed by atoms with Gasteiger partial charge in [-0.1, -0.05) is 6.07 Å². The number of amides is 2. The van der Waals surface area contributed by atoms with Crippen LogP contribution in [-0.4, -0.2) is 47.8 Å². The lowest BCUT2D eigenvalue weighted by Crippen LogP contribution is -2.27. The van der Waals surface area contributed by atoms with E-state index in [2.05, 4.69) is 34.1 Å². The van der Waals surface area contributed by atoms with Gasteiger partial charge in [0.25, 0.3) is 0 Å². The Labute approximate surface area is 155 Å². The lowest BCUT2D eigenvalue weighted by atomic mass is 9.99. The molecule has 0 aromatic heterocycles. The van der Waals surface area contributed by atoms with E-state index in [0.29, 0.717) is 12.8 Å². The molecule has 1 aliphatic heterocycles.